The average molecular weight is 302 g/mol. The summed E-state index contributed by atoms with van der Waals surface area (Å²) in [4.78, 5) is 14.5. The molecule has 1 aromatic carbocycles. The number of likely N-dealkylation sites (tertiary alicyclic amines) is 1. The zero-order valence-electron chi connectivity index (χ0n) is 13.4. The maximum Gasteiger partial charge on any atom is 0.226 e. The highest BCUT2D eigenvalue weighted by Crippen LogP contribution is 2.26. The number of benzene rings is 1. The topological polar surface area (TPSA) is 41.6 Å². The minimum Gasteiger partial charge on any atom is -0.493 e. The molecule has 3 rings (SSSR count). The summed E-state index contributed by atoms with van der Waals surface area (Å²) < 4.78 is 5.52. The van der Waals surface area contributed by atoms with Gasteiger partial charge in [-0.3, -0.25) is 4.79 Å². The molecule has 0 atom stereocenters. The van der Waals surface area contributed by atoms with Gasteiger partial charge in [-0.25, -0.2) is 0 Å². The molecular formula is C18H26N2O2. The van der Waals surface area contributed by atoms with E-state index in [1.165, 1.54) is 12.0 Å². The third-order valence-electron chi connectivity index (χ3n) is 4.88. The summed E-state index contributed by atoms with van der Waals surface area (Å²) in [5.41, 5.74) is 2.36. The number of carbonyl (C=O) groups excluding carboxylic acids is 1. The summed E-state index contributed by atoms with van der Waals surface area (Å²) in [6.45, 7) is 3.69. The molecular weight excluding hydrogens is 276 g/mol. The van der Waals surface area contributed by atoms with Crippen molar-refractivity contribution in [3.05, 3.63) is 29.3 Å². The molecule has 2 aliphatic rings. The zero-order chi connectivity index (χ0) is 15.4. The maximum atomic E-state index is 12.5. The van der Waals surface area contributed by atoms with Crippen LogP contribution in [0.4, 0.5) is 0 Å². The van der Waals surface area contributed by atoms with Gasteiger partial charge in [0.2, 0.25) is 5.91 Å². The number of carbonyl (C=O) groups is 1. The van der Waals surface area contributed by atoms with Gasteiger partial charge in [0.1, 0.15) is 5.75 Å². The summed E-state index contributed by atoms with van der Waals surface area (Å²) in [7, 11) is 2.00. The van der Waals surface area contributed by atoms with Gasteiger partial charge in [0, 0.05) is 19.5 Å². The zero-order valence-corrected chi connectivity index (χ0v) is 13.4. The predicted molar refractivity (Wildman–Crippen MR) is 87.2 cm³/mol. The second-order valence-corrected chi connectivity index (χ2v) is 6.43. The Labute approximate surface area is 132 Å². The van der Waals surface area contributed by atoms with Crippen LogP contribution in [0.25, 0.3) is 0 Å². The van der Waals surface area contributed by atoms with E-state index in [1.54, 1.807) is 0 Å². The Morgan fingerprint density at radius 2 is 2.18 bits per heavy atom. The van der Waals surface area contributed by atoms with Crippen LogP contribution in [0.1, 0.15) is 30.4 Å². The fourth-order valence-corrected chi connectivity index (χ4v) is 3.46. The Kier molecular flexibility index (Phi) is 4.98. The average Bonchev–Trinajstić information content (AvgIpc) is 3.01. The Balaban J connectivity index is 1.50. The number of hydrogen-bond donors (Lipinski definition) is 1. The molecule has 0 radical (unpaired) electrons. The monoisotopic (exact) mass is 302 g/mol. The van der Waals surface area contributed by atoms with Crippen molar-refractivity contribution in [3.63, 3.8) is 0 Å². The fourth-order valence-electron chi connectivity index (χ4n) is 3.46. The van der Waals surface area contributed by atoms with Gasteiger partial charge in [0.05, 0.1) is 13.0 Å². The van der Waals surface area contributed by atoms with Gasteiger partial charge < -0.3 is 15.0 Å². The van der Waals surface area contributed by atoms with Gasteiger partial charge in [0.25, 0.3) is 0 Å². The van der Waals surface area contributed by atoms with Crippen LogP contribution in [0.15, 0.2) is 18.2 Å². The summed E-state index contributed by atoms with van der Waals surface area (Å²) in [6, 6.07) is 6.18. The molecule has 1 amide bonds. The third-order valence-corrected chi connectivity index (χ3v) is 4.88. The van der Waals surface area contributed by atoms with Gasteiger partial charge in [-0.1, -0.05) is 12.1 Å². The van der Waals surface area contributed by atoms with Crippen LogP contribution < -0.4 is 10.1 Å². The van der Waals surface area contributed by atoms with Gasteiger partial charge in [0.15, 0.2) is 0 Å². The number of nitrogens with zero attached hydrogens (tertiary/aromatic N) is 1. The Hall–Kier alpha value is -1.55. The molecule has 1 fully saturated rings. The summed E-state index contributed by atoms with van der Waals surface area (Å²) in [5, 5.41) is 3.21. The normalized spacial score (nSPS) is 18.1. The van der Waals surface area contributed by atoms with E-state index in [0.717, 1.165) is 62.7 Å². The third kappa shape index (κ3) is 3.61. The van der Waals surface area contributed by atoms with Crippen molar-refractivity contribution in [1.82, 2.24) is 10.2 Å². The van der Waals surface area contributed by atoms with E-state index >= 15 is 0 Å². The first-order valence-electron chi connectivity index (χ1n) is 8.43. The number of fused-ring (bicyclic) bond motifs is 1. The van der Waals surface area contributed by atoms with Gasteiger partial charge in [-0.15, -0.1) is 0 Å². The van der Waals surface area contributed by atoms with Gasteiger partial charge >= 0.3 is 0 Å². The summed E-state index contributed by atoms with van der Waals surface area (Å²) >= 11 is 0. The molecule has 22 heavy (non-hydrogen) atoms. The second kappa shape index (κ2) is 7.14. The molecule has 0 saturated carbocycles. The van der Waals surface area contributed by atoms with Crippen LogP contribution in [0.5, 0.6) is 5.75 Å². The van der Waals surface area contributed by atoms with E-state index in [0.29, 0.717) is 6.42 Å². The van der Waals surface area contributed by atoms with Crippen LogP contribution in [0.2, 0.25) is 0 Å². The van der Waals surface area contributed by atoms with E-state index in [9.17, 15) is 4.79 Å². The van der Waals surface area contributed by atoms with Crippen molar-refractivity contribution in [1.29, 1.82) is 0 Å². The van der Waals surface area contributed by atoms with Crippen LogP contribution >= 0.6 is 0 Å². The molecule has 1 N–H and O–H groups in total. The lowest BCUT2D eigenvalue weighted by atomic mass is 9.93. The SMILES string of the molecule is CNCCC1CCN(C(=O)Cc2ccc3c(c2)CCO3)CC1. The number of piperidine rings is 1. The highest BCUT2D eigenvalue weighted by atomic mass is 16.5. The first-order valence-corrected chi connectivity index (χ1v) is 8.43. The lowest BCUT2D eigenvalue weighted by Crippen LogP contribution is -2.39. The number of amides is 1. The first kappa shape index (κ1) is 15.3. The van der Waals surface area contributed by atoms with Crippen LogP contribution in [0.3, 0.4) is 0 Å². The maximum absolute atomic E-state index is 12.5. The van der Waals surface area contributed by atoms with Crippen molar-refractivity contribution in [2.75, 3.05) is 33.3 Å². The van der Waals surface area contributed by atoms with Gasteiger partial charge in [-0.2, -0.15) is 0 Å². The molecule has 2 aliphatic heterocycles. The number of nitrogens with one attached hydrogen (secondary N) is 1. The fraction of sp³-hybridized carbons (Fsp3) is 0.611. The van der Waals surface area contributed by atoms with Crippen molar-refractivity contribution < 1.29 is 9.53 Å². The molecule has 0 bridgehead atoms. The summed E-state index contributed by atoms with van der Waals surface area (Å²) in [5.74, 6) is 2.03. The minimum absolute atomic E-state index is 0.269. The lowest BCUT2D eigenvalue weighted by molar-refractivity contribution is -0.131. The molecule has 0 aromatic heterocycles. The van der Waals surface area contributed by atoms with Crippen molar-refractivity contribution >= 4 is 5.91 Å². The predicted octanol–water partition coefficient (Wildman–Crippen LogP) is 2.01. The Bertz CT molecular complexity index is 522. The molecule has 4 nitrogen and oxygen atoms in total. The molecule has 0 spiro atoms. The van der Waals surface area contributed by atoms with Crippen molar-refractivity contribution in [2.45, 2.75) is 32.1 Å². The smallest absolute Gasteiger partial charge is 0.226 e. The molecule has 0 unspecified atom stereocenters. The lowest BCUT2D eigenvalue weighted by Gasteiger charge is -2.32. The van der Waals surface area contributed by atoms with Crippen LogP contribution in [-0.2, 0) is 17.6 Å². The number of rotatable bonds is 5. The van der Waals surface area contributed by atoms with Crippen molar-refractivity contribution in [2.24, 2.45) is 5.92 Å². The largest absolute Gasteiger partial charge is 0.493 e. The molecule has 1 aromatic rings. The molecule has 4 heteroatoms. The quantitative estimate of drug-likeness (QED) is 0.904. The number of ether oxygens (including phenoxy) is 1. The van der Waals surface area contributed by atoms with E-state index in [4.69, 9.17) is 4.74 Å². The first-order chi connectivity index (χ1) is 10.8. The van der Waals surface area contributed by atoms with E-state index in [-0.39, 0.29) is 5.91 Å². The standard InChI is InChI=1S/C18H26N2O2/c1-19-8-4-14-5-9-20(10-6-14)18(21)13-15-2-3-17-16(12-15)7-11-22-17/h2-3,12,14,19H,4-11,13H2,1H3. The van der Waals surface area contributed by atoms with Gasteiger partial charge in [-0.05, 0) is 56.0 Å². The Morgan fingerprint density at radius 1 is 1.36 bits per heavy atom. The van der Waals surface area contributed by atoms with Crippen molar-refractivity contribution in [3.8, 4) is 5.75 Å². The highest BCUT2D eigenvalue weighted by Gasteiger charge is 2.23. The molecule has 2 heterocycles. The second-order valence-electron chi connectivity index (χ2n) is 6.43. The minimum atomic E-state index is 0.269. The number of hydrogen-bond acceptors (Lipinski definition) is 3. The van der Waals surface area contributed by atoms with E-state index < -0.39 is 0 Å². The summed E-state index contributed by atoms with van der Waals surface area (Å²) in [6.07, 6.45) is 5.00. The van der Waals surface area contributed by atoms with E-state index in [2.05, 4.69) is 11.4 Å². The molecule has 1 saturated heterocycles. The van der Waals surface area contributed by atoms with Crippen LogP contribution in [-0.4, -0.2) is 44.1 Å². The molecule has 0 aliphatic carbocycles. The van der Waals surface area contributed by atoms with E-state index in [1.807, 2.05) is 24.1 Å². The Morgan fingerprint density at radius 3 is 2.95 bits per heavy atom. The highest BCUT2D eigenvalue weighted by molar-refractivity contribution is 5.79. The van der Waals surface area contributed by atoms with Crippen LogP contribution in [0, 0.1) is 5.92 Å². The molecule has 120 valence electrons.